The number of hydrogen-bond acceptors (Lipinski definition) is 4. The molecule has 0 aromatic carbocycles. The molecule has 4 nitrogen and oxygen atoms in total. The van der Waals surface area contributed by atoms with E-state index in [1.807, 2.05) is 0 Å². The van der Waals surface area contributed by atoms with E-state index in [2.05, 4.69) is 28.4 Å². The first kappa shape index (κ1) is 14.6. The molecule has 0 bridgehead atoms. The zero-order chi connectivity index (χ0) is 13.3. The van der Waals surface area contributed by atoms with Crippen molar-refractivity contribution in [3.05, 3.63) is 23.9 Å². The van der Waals surface area contributed by atoms with Crippen molar-refractivity contribution in [1.29, 1.82) is 0 Å². The van der Waals surface area contributed by atoms with Crippen LogP contribution in [0.5, 0.6) is 0 Å². The maximum absolute atomic E-state index is 5.52. The van der Waals surface area contributed by atoms with Gasteiger partial charge in [0.25, 0.3) is 0 Å². The van der Waals surface area contributed by atoms with E-state index >= 15 is 0 Å². The SMILES string of the molecule is NCCNC1=CC=CC(CCCN2CCOCC2)C1. The number of hydrogen-bond donors (Lipinski definition) is 2. The minimum absolute atomic E-state index is 0.686. The second kappa shape index (κ2) is 8.35. The average Bonchev–Trinajstić information content (AvgIpc) is 2.47. The van der Waals surface area contributed by atoms with E-state index in [0.717, 1.165) is 39.3 Å². The van der Waals surface area contributed by atoms with Crippen LogP contribution >= 0.6 is 0 Å². The third-order valence-corrected chi connectivity index (χ3v) is 3.81. The van der Waals surface area contributed by atoms with Crippen LogP contribution in [0.3, 0.4) is 0 Å². The molecule has 2 rings (SSSR count). The molecule has 19 heavy (non-hydrogen) atoms. The summed E-state index contributed by atoms with van der Waals surface area (Å²) in [5.41, 5.74) is 6.86. The summed E-state index contributed by atoms with van der Waals surface area (Å²) in [7, 11) is 0. The van der Waals surface area contributed by atoms with E-state index in [0.29, 0.717) is 12.5 Å². The lowest BCUT2D eigenvalue weighted by atomic mass is 9.93. The van der Waals surface area contributed by atoms with Crippen LogP contribution in [0.1, 0.15) is 19.3 Å². The highest BCUT2D eigenvalue weighted by Crippen LogP contribution is 2.21. The fraction of sp³-hybridized carbons (Fsp3) is 0.733. The Morgan fingerprint density at radius 3 is 3.00 bits per heavy atom. The summed E-state index contributed by atoms with van der Waals surface area (Å²) in [6.07, 6.45) is 10.4. The molecule has 0 aromatic heterocycles. The van der Waals surface area contributed by atoms with E-state index in [1.54, 1.807) is 0 Å². The van der Waals surface area contributed by atoms with Gasteiger partial charge in [-0.05, 0) is 37.8 Å². The molecule has 1 aliphatic carbocycles. The summed E-state index contributed by atoms with van der Waals surface area (Å²) in [6.45, 7) is 6.79. The lowest BCUT2D eigenvalue weighted by Crippen LogP contribution is -2.36. The molecular weight excluding hydrogens is 238 g/mol. The Hall–Kier alpha value is -0.840. The van der Waals surface area contributed by atoms with Crippen molar-refractivity contribution in [2.45, 2.75) is 19.3 Å². The number of nitrogens with zero attached hydrogens (tertiary/aromatic N) is 1. The highest BCUT2D eigenvalue weighted by Gasteiger charge is 2.13. The lowest BCUT2D eigenvalue weighted by Gasteiger charge is -2.27. The van der Waals surface area contributed by atoms with Gasteiger partial charge < -0.3 is 15.8 Å². The molecule has 4 heteroatoms. The first-order valence-corrected chi connectivity index (χ1v) is 7.50. The van der Waals surface area contributed by atoms with Crippen LogP contribution in [0.4, 0.5) is 0 Å². The number of allylic oxidation sites excluding steroid dienone is 4. The topological polar surface area (TPSA) is 50.5 Å². The van der Waals surface area contributed by atoms with Crippen LogP contribution in [0.25, 0.3) is 0 Å². The fourth-order valence-corrected chi connectivity index (χ4v) is 2.71. The Kier molecular flexibility index (Phi) is 6.41. The first-order valence-electron chi connectivity index (χ1n) is 7.50. The van der Waals surface area contributed by atoms with Crippen molar-refractivity contribution in [2.75, 3.05) is 45.9 Å². The van der Waals surface area contributed by atoms with Gasteiger partial charge in [-0.1, -0.05) is 12.2 Å². The van der Waals surface area contributed by atoms with Gasteiger partial charge in [0, 0.05) is 31.9 Å². The molecule has 0 saturated carbocycles. The molecule has 0 aromatic rings. The number of rotatable bonds is 7. The molecule has 2 aliphatic rings. The molecular formula is C15H27N3O. The Morgan fingerprint density at radius 1 is 1.37 bits per heavy atom. The Morgan fingerprint density at radius 2 is 2.21 bits per heavy atom. The third kappa shape index (κ3) is 5.35. The molecule has 0 radical (unpaired) electrons. The maximum atomic E-state index is 5.52. The fourth-order valence-electron chi connectivity index (χ4n) is 2.71. The summed E-state index contributed by atoms with van der Waals surface area (Å²) in [5, 5.41) is 3.40. The molecule has 0 spiro atoms. The summed E-state index contributed by atoms with van der Waals surface area (Å²) < 4.78 is 5.37. The van der Waals surface area contributed by atoms with Crippen molar-refractivity contribution in [1.82, 2.24) is 10.2 Å². The van der Waals surface area contributed by atoms with Crippen LogP contribution in [-0.4, -0.2) is 50.8 Å². The van der Waals surface area contributed by atoms with Crippen LogP contribution in [0.15, 0.2) is 23.9 Å². The van der Waals surface area contributed by atoms with E-state index in [-0.39, 0.29) is 0 Å². The highest BCUT2D eigenvalue weighted by atomic mass is 16.5. The zero-order valence-corrected chi connectivity index (χ0v) is 11.8. The molecule has 0 amide bonds. The quantitative estimate of drug-likeness (QED) is 0.724. The normalized spacial score (nSPS) is 24.3. The molecule has 1 unspecified atom stereocenters. The second-order valence-corrected chi connectivity index (χ2v) is 5.35. The average molecular weight is 265 g/mol. The largest absolute Gasteiger partial charge is 0.387 e. The third-order valence-electron chi connectivity index (χ3n) is 3.81. The van der Waals surface area contributed by atoms with Gasteiger partial charge in [-0.3, -0.25) is 4.90 Å². The monoisotopic (exact) mass is 265 g/mol. The van der Waals surface area contributed by atoms with Crippen LogP contribution in [0, 0.1) is 5.92 Å². The van der Waals surface area contributed by atoms with Gasteiger partial charge in [-0.2, -0.15) is 0 Å². The van der Waals surface area contributed by atoms with Gasteiger partial charge in [0.05, 0.1) is 13.2 Å². The van der Waals surface area contributed by atoms with Gasteiger partial charge in [0.2, 0.25) is 0 Å². The van der Waals surface area contributed by atoms with Crippen LogP contribution in [-0.2, 0) is 4.74 Å². The van der Waals surface area contributed by atoms with E-state index in [1.165, 1.54) is 25.1 Å². The Balaban J connectivity index is 1.61. The van der Waals surface area contributed by atoms with Crippen LogP contribution < -0.4 is 11.1 Å². The standard InChI is InChI=1S/C15H27N3O/c16-6-7-17-15-5-1-3-14(13-15)4-2-8-18-9-11-19-12-10-18/h1,3,5,14,17H,2,4,6-13,16H2. The minimum Gasteiger partial charge on any atom is -0.387 e. The van der Waals surface area contributed by atoms with Crippen molar-refractivity contribution in [3.63, 3.8) is 0 Å². The van der Waals surface area contributed by atoms with Crippen molar-refractivity contribution in [2.24, 2.45) is 11.7 Å². The predicted octanol–water partition coefficient (Wildman–Crippen LogP) is 1.11. The summed E-state index contributed by atoms with van der Waals surface area (Å²) >= 11 is 0. The highest BCUT2D eigenvalue weighted by molar-refractivity contribution is 5.18. The van der Waals surface area contributed by atoms with Crippen LogP contribution in [0.2, 0.25) is 0 Å². The summed E-state index contributed by atoms with van der Waals surface area (Å²) in [4.78, 5) is 2.51. The van der Waals surface area contributed by atoms with Crippen molar-refractivity contribution < 1.29 is 4.74 Å². The smallest absolute Gasteiger partial charge is 0.0594 e. The molecule has 1 fully saturated rings. The molecule has 1 heterocycles. The van der Waals surface area contributed by atoms with Gasteiger partial charge >= 0.3 is 0 Å². The van der Waals surface area contributed by atoms with Gasteiger partial charge in [-0.25, -0.2) is 0 Å². The molecule has 1 saturated heterocycles. The molecule has 3 N–H and O–H groups in total. The van der Waals surface area contributed by atoms with E-state index < -0.39 is 0 Å². The van der Waals surface area contributed by atoms with Crippen molar-refractivity contribution >= 4 is 0 Å². The molecule has 1 atom stereocenters. The predicted molar refractivity (Wildman–Crippen MR) is 78.9 cm³/mol. The minimum atomic E-state index is 0.686. The summed E-state index contributed by atoms with van der Waals surface area (Å²) in [5.74, 6) is 0.686. The van der Waals surface area contributed by atoms with E-state index in [4.69, 9.17) is 10.5 Å². The number of ether oxygens (including phenoxy) is 1. The number of morpholine rings is 1. The lowest BCUT2D eigenvalue weighted by molar-refractivity contribution is 0.0368. The Labute approximate surface area is 116 Å². The molecule has 1 aliphatic heterocycles. The summed E-state index contributed by atoms with van der Waals surface area (Å²) in [6, 6.07) is 0. The van der Waals surface area contributed by atoms with Gasteiger partial charge in [0.15, 0.2) is 0 Å². The first-order chi connectivity index (χ1) is 9.38. The molecule has 108 valence electrons. The zero-order valence-electron chi connectivity index (χ0n) is 11.8. The maximum Gasteiger partial charge on any atom is 0.0594 e. The second-order valence-electron chi connectivity index (χ2n) is 5.35. The van der Waals surface area contributed by atoms with E-state index in [9.17, 15) is 0 Å². The number of nitrogens with one attached hydrogen (secondary N) is 1. The Bertz CT molecular complexity index is 309. The van der Waals surface area contributed by atoms with Crippen molar-refractivity contribution in [3.8, 4) is 0 Å². The number of nitrogens with two attached hydrogens (primary N) is 1. The van der Waals surface area contributed by atoms with Gasteiger partial charge in [-0.15, -0.1) is 0 Å². The van der Waals surface area contributed by atoms with Gasteiger partial charge in [0.1, 0.15) is 0 Å².